The summed E-state index contributed by atoms with van der Waals surface area (Å²) in [5, 5.41) is 0. The van der Waals surface area contributed by atoms with Crippen LogP contribution in [0, 0.1) is 0 Å². The van der Waals surface area contributed by atoms with E-state index >= 15 is 0 Å². The summed E-state index contributed by atoms with van der Waals surface area (Å²) in [5.41, 5.74) is 0.540. The SMILES string of the molecule is CCCCCCCCC(OC(C)=O)C(CCCCCCCCCCCCCCCc1cc(OS(=O)(=O)O)cc(OS(=O)(=O)O)c1)OC(C)=O. The molecule has 14 heteroatoms. The molecule has 1 rings (SSSR count). The van der Waals surface area contributed by atoms with Gasteiger partial charge >= 0.3 is 32.7 Å². The minimum atomic E-state index is -4.82. The second kappa shape index (κ2) is 25.5. The van der Waals surface area contributed by atoms with Gasteiger partial charge in [-0.05, 0) is 56.2 Å². The van der Waals surface area contributed by atoms with Gasteiger partial charge in [-0.2, -0.15) is 16.8 Å². The first-order valence-electron chi connectivity index (χ1n) is 18.0. The molecule has 1 aromatic carbocycles. The molecule has 0 amide bonds. The van der Waals surface area contributed by atoms with Crippen molar-refractivity contribution in [3.05, 3.63) is 23.8 Å². The number of carbonyl (C=O) groups excluding carboxylic acids is 2. The Morgan fingerprint density at radius 3 is 1.20 bits per heavy atom. The highest BCUT2D eigenvalue weighted by Crippen LogP contribution is 2.26. The smallest absolute Gasteiger partial charge is 0.446 e. The van der Waals surface area contributed by atoms with Crippen molar-refractivity contribution in [3.63, 3.8) is 0 Å². The Morgan fingerprint density at radius 2 is 0.878 bits per heavy atom. The van der Waals surface area contributed by atoms with E-state index in [0.717, 1.165) is 76.7 Å². The maximum Gasteiger partial charge on any atom is 0.446 e. The Bertz CT molecular complexity index is 1230. The van der Waals surface area contributed by atoms with E-state index in [9.17, 15) is 26.4 Å². The molecule has 0 aliphatic heterocycles. The van der Waals surface area contributed by atoms with Crippen LogP contribution in [0.5, 0.6) is 11.5 Å². The van der Waals surface area contributed by atoms with Gasteiger partial charge in [-0.3, -0.25) is 18.7 Å². The maximum absolute atomic E-state index is 11.8. The lowest BCUT2D eigenvalue weighted by atomic mass is 9.98. The summed E-state index contributed by atoms with van der Waals surface area (Å²) in [5.74, 6) is -1.33. The Morgan fingerprint density at radius 1 is 0.551 bits per heavy atom. The fraction of sp³-hybridized carbons (Fsp3) is 0.771. The second-order valence-corrected chi connectivity index (χ2v) is 14.9. The molecule has 1 aromatic rings. The highest BCUT2D eigenvalue weighted by Gasteiger charge is 2.26. The van der Waals surface area contributed by atoms with Crippen molar-refractivity contribution >= 4 is 32.7 Å². The van der Waals surface area contributed by atoms with Gasteiger partial charge in [-0.1, -0.05) is 110 Å². The molecule has 2 atom stereocenters. The van der Waals surface area contributed by atoms with Crippen LogP contribution < -0.4 is 8.37 Å². The van der Waals surface area contributed by atoms with Gasteiger partial charge in [-0.15, -0.1) is 0 Å². The first-order chi connectivity index (χ1) is 23.2. The summed E-state index contributed by atoms with van der Waals surface area (Å²) < 4.78 is 82.1. The highest BCUT2D eigenvalue weighted by atomic mass is 32.3. The predicted octanol–water partition coefficient (Wildman–Crippen LogP) is 8.67. The molecular formula is C35H60O12S2. The minimum Gasteiger partial charge on any atom is -0.459 e. The molecule has 2 unspecified atom stereocenters. The van der Waals surface area contributed by atoms with E-state index in [1.165, 1.54) is 77.3 Å². The van der Waals surface area contributed by atoms with Crippen LogP contribution >= 0.6 is 0 Å². The Labute approximate surface area is 294 Å². The highest BCUT2D eigenvalue weighted by molar-refractivity contribution is 7.81. The van der Waals surface area contributed by atoms with E-state index < -0.39 is 26.9 Å². The number of benzene rings is 1. The molecule has 0 saturated heterocycles. The van der Waals surface area contributed by atoms with E-state index in [1.807, 2.05) is 0 Å². The lowest BCUT2D eigenvalue weighted by Crippen LogP contribution is -2.34. The fourth-order valence-corrected chi connectivity index (χ4v) is 6.61. The molecule has 2 N–H and O–H groups in total. The normalized spacial score (nSPS) is 13.1. The molecule has 0 bridgehead atoms. The number of hydrogen-bond donors (Lipinski definition) is 2. The van der Waals surface area contributed by atoms with Crippen LogP contribution in [-0.2, 0) is 46.3 Å². The average molecular weight is 737 g/mol. The molecule has 0 spiro atoms. The van der Waals surface area contributed by atoms with Crippen molar-refractivity contribution in [1.29, 1.82) is 0 Å². The van der Waals surface area contributed by atoms with Crippen LogP contribution in [0.3, 0.4) is 0 Å². The quantitative estimate of drug-likeness (QED) is 0.0437. The summed E-state index contributed by atoms with van der Waals surface area (Å²) in [6, 6.07) is 3.67. The minimum absolute atomic E-state index is 0.324. The van der Waals surface area contributed by atoms with Gasteiger partial charge in [-0.25, -0.2) is 0 Å². The maximum atomic E-state index is 11.8. The standard InChI is InChI=1S/C35H60O12S2/c1-4-5-6-7-18-21-24-34(44-29(2)36)35(45-30(3)37)25-22-19-16-14-12-10-8-9-11-13-15-17-20-23-31-26-32(46-48(38,39)40)28-33(27-31)47-49(41,42)43/h26-28,34-35H,4-25H2,1-3H3,(H,38,39,40)(H,41,42,43). The van der Waals surface area contributed by atoms with Crippen LogP contribution in [0.25, 0.3) is 0 Å². The van der Waals surface area contributed by atoms with Crippen molar-refractivity contribution in [1.82, 2.24) is 0 Å². The monoisotopic (exact) mass is 736 g/mol. The summed E-state index contributed by atoms with van der Waals surface area (Å²) in [4.78, 5) is 23.5. The van der Waals surface area contributed by atoms with Crippen LogP contribution in [0.2, 0.25) is 0 Å². The molecule has 284 valence electrons. The van der Waals surface area contributed by atoms with E-state index in [4.69, 9.17) is 18.6 Å². The Balaban J connectivity index is 2.22. The molecular weight excluding hydrogens is 677 g/mol. The first-order valence-corrected chi connectivity index (χ1v) is 20.7. The van der Waals surface area contributed by atoms with Crippen molar-refractivity contribution in [2.75, 3.05) is 0 Å². The third kappa shape index (κ3) is 26.1. The van der Waals surface area contributed by atoms with Gasteiger partial charge < -0.3 is 17.8 Å². The van der Waals surface area contributed by atoms with Gasteiger partial charge in [0.1, 0.15) is 23.7 Å². The van der Waals surface area contributed by atoms with Crippen LogP contribution in [0.15, 0.2) is 18.2 Å². The van der Waals surface area contributed by atoms with E-state index in [0.29, 0.717) is 24.8 Å². The number of esters is 2. The number of hydrogen-bond acceptors (Lipinski definition) is 10. The number of aryl methyl sites for hydroxylation is 1. The predicted molar refractivity (Wildman–Crippen MR) is 188 cm³/mol. The molecule has 0 aliphatic carbocycles. The lowest BCUT2D eigenvalue weighted by Gasteiger charge is -2.26. The van der Waals surface area contributed by atoms with Gasteiger partial charge in [0.2, 0.25) is 0 Å². The summed E-state index contributed by atoms with van der Waals surface area (Å²) in [6.07, 6.45) is 22.0. The van der Waals surface area contributed by atoms with Gasteiger partial charge in [0, 0.05) is 19.9 Å². The lowest BCUT2D eigenvalue weighted by molar-refractivity contribution is -0.166. The zero-order valence-electron chi connectivity index (χ0n) is 29.7. The first kappa shape index (κ1) is 44.6. The molecule has 0 saturated carbocycles. The van der Waals surface area contributed by atoms with Crippen molar-refractivity contribution < 1.29 is 53.4 Å². The zero-order chi connectivity index (χ0) is 36.5. The number of carbonyl (C=O) groups is 2. The molecule has 12 nitrogen and oxygen atoms in total. The molecule has 0 aromatic heterocycles. The van der Waals surface area contributed by atoms with E-state index in [1.54, 1.807) is 0 Å². The average Bonchev–Trinajstić information content (AvgIpc) is 2.97. The third-order valence-electron chi connectivity index (χ3n) is 8.19. The molecule has 0 fully saturated rings. The zero-order valence-corrected chi connectivity index (χ0v) is 31.4. The van der Waals surface area contributed by atoms with Gasteiger partial charge in [0.15, 0.2) is 0 Å². The van der Waals surface area contributed by atoms with Crippen LogP contribution in [0.4, 0.5) is 0 Å². The molecule has 0 heterocycles. The fourth-order valence-electron chi connectivity index (χ4n) is 5.93. The summed E-state index contributed by atoms with van der Waals surface area (Å²) in [6.45, 7) is 5.01. The van der Waals surface area contributed by atoms with E-state index in [2.05, 4.69) is 15.3 Å². The number of rotatable bonds is 30. The van der Waals surface area contributed by atoms with Crippen LogP contribution in [-0.4, -0.2) is 50.1 Å². The van der Waals surface area contributed by atoms with Crippen molar-refractivity contribution in [2.24, 2.45) is 0 Å². The van der Waals surface area contributed by atoms with Crippen molar-refractivity contribution in [3.8, 4) is 11.5 Å². The Hall–Kier alpha value is -2.42. The largest absolute Gasteiger partial charge is 0.459 e. The third-order valence-corrected chi connectivity index (χ3v) is 8.99. The van der Waals surface area contributed by atoms with Crippen molar-refractivity contribution in [2.45, 2.75) is 174 Å². The van der Waals surface area contributed by atoms with E-state index in [-0.39, 0.29) is 29.5 Å². The topological polar surface area (TPSA) is 180 Å². The summed E-state index contributed by atoms with van der Waals surface area (Å²) >= 11 is 0. The molecule has 49 heavy (non-hydrogen) atoms. The number of unbranched alkanes of at least 4 members (excludes halogenated alkanes) is 17. The number of ether oxygens (including phenoxy) is 2. The Kier molecular flexibility index (Phi) is 23.2. The molecule has 0 radical (unpaired) electrons. The van der Waals surface area contributed by atoms with Crippen LogP contribution in [0.1, 0.15) is 161 Å². The van der Waals surface area contributed by atoms with Gasteiger partial charge in [0.25, 0.3) is 0 Å². The second-order valence-electron chi connectivity index (χ2n) is 12.8. The van der Waals surface area contributed by atoms with Gasteiger partial charge in [0.05, 0.1) is 0 Å². The summed E-state index contributed by atoms with van der Waals surface area (Å²) in [7, 11) is -9.63. The molecule has 0 aliphatic rings.